The Kier molecular flexibility index (Phi) is 3.48. The van der Waals surface area contributed by atoms with E-state index >= 15 is 0 Å². The molecule has 0 aliphatic carbocycles. The zero-order valence-electron chi connectivity index (χ0n) is 10.5. The molecule has 0 aromatic carbocycles. The molecule has 2 fully saturated rings. The fourth-order valence-electron chi connectivity index (χ4n) is 3.40. The fraction of sp³-hybridized carbons (Fsp3) is 0.714. The molecule has 0 spiro atoms. The standard InChI is InChI=1S/C14H23N3/c1-2-9-17(10-3-1)14(12-6-8-15-11-12)13-5-4-7-16-13/h6,8,11,13-16H,1-5,7,9-10H2. The Morgan fingerprint density at radius 1 is 1.18 bits per heavy atom. The zero-order valence-corrected chi connectivity index (χ0v) is 10.5. The summed E-state index contributed by atoms with van der Waals surface area (Å²) in [5.41, 5.74) is 1.46. The Morgan fingerprint density at radius 2 is 2.06 bits per heavy atom. The Labute approximate surface area is 104 Å². The van der Waals surface area contributed by atoms with E-state index in [9.17, 15) is 0 Å². The lowest BCUT2D eigenvalue weighted by Gasteiger charge is -2.37. The number of piperidine rings is 1. The van der Waals surface area contributed by atoms with Gasteiger partial charge in [-0.1, -0.05) is 6.42 Å². The maximum Gasteiger partial charge on any atom is 0.0516 e. The number of hydrogen-bond donors (Lipinski definition) is 2. The van der Waals surface area contributed by atoms with Crippen molar-refractivity contribution in [3.05, 3.63) is 24.0 Å². The van der Waals surface area contributed by atoms with Crippen molar-refractivity contribution in [3.63, 3.8) is 0 Å². The van der Waals surface area contributed by atoms with Gasteiger partial charge in [0.15, 0.2) is 0 Å². The van der Waals surface area contributed by atoms with Crippen molar-refractivity contribution in [2.45, 2.75) is 44.2 Å². The van der Waals surface area contributed by atoms with E-state index in [0.717, 1.165) is 0 Å². The second kappa shape index (κ2) is 5.23. The summed E-state index contributed by atoms with van der Waals surface area (Å²) >= 11 is 0. The van der Waals surface area contributed by atoms with Crippen molar-refractivity contribution in [1.29, 1.82) is 0 Å². The van der Waals surface area contributed by atoms with Crippen molar-refractivity contribution in [1.82, 2.24) is 15.2 Å². The van der Waals surface area contributed by atoms with E-state index in [1.165, 1.54) is 57.3 Å². The van der Waals surface area contributed by atoms with Crippen molar-refractivity contribution in [2.24, 2.45) is 0 Å². The van der Waals surface area contributed by atoms with E-state index < -0.39 is 0 Å². The van der Waals surface area contributed by atoms with Crippen LogP contribution in [0.15, 0.2) is 18.5 Å². The summed E-state index contributed by atoms with van der Waals surface area (Å²) in [6.07, 6.45) is 11.0. The van der Waals surface area contributed by atoms with Gasteiger partial charge in [-0.2, -0.15) is 0 Å². The first-order valence-corrected chi connectivity index (χ1v) is 7.05. The van der Waals surface area contributed by atoms with Gasteiger partial charge >= 0.3 is 0 Å². The van der Waals surface area contributed by atoms with Gasteiger partial charge in [0.2, 0.25) is 0 Å². The Balaban J connectivity index is 1.79. The highest BCUT2D eigenvalue weighted by molar-refractivity contribution is 5.17. The van der Waals surface area contributed by atoms with Crippen molar-refractivity contribution >= 4 is 0 Å². The molecular formula is C14H23N3. The summed E-state index contributed by atoms with van der Waals surface area (Å²) in [4.78, 5) is 5.91. The maximum absolute atomic E-state index is 3.69. The molecule has 17 heavy (non-hydrogen) atoms. The zero-order chi connectivity index (χ0) is 11.5. The van der Waals surface area contributed by atoms with Gasteiger partial charge in [-0.3, -0.25) is 4.90 Å². The average molecular weight is 233 g/mol. The maximum atomic E-state index is 3.69. The lowest BCUT2D eigenvalue weighted by Crippen LogP contribution is -2.43. The van der Waals surface area contributed by atoms with Gasteiger partial charge in [0.1, 0.15) is 0 Å². The Bertz CT molecular complexity index is 321. The van der Waals surface area contributed by atoms with E-state index in [-0.39, 0.29) is 0 Å². The van der Waals surface area contributed by atoms with Crippen molar-refractivity contribution in [3.8, 4) is 0 Å². The van der Waals surface area contributed by atoms with E-state index in [1.54, 1.807) is 0 Å². The minimum absolute atomic E-state index is 0.587. The summed E-state index contributed by atoms with van der Waals surface area (Å²) in [6, 6.07) is 3.49. The summed E-state index contributed by atoms with van der Waals surface area (Å²) in [5, 5.41) is 3.69. The van der Waals surface area contributed by atoms with Gasteiger partial charge in [0.05, 0.1) is 6.04 Å². The monoisotopic (exact) mass is 233 g/mol. The Morgan fingerprint density at radius 3 is 2.71 bits per heavy atom. The number of H-pyrrole nitrogens is 1. The molecule has 3 rings (SSSR count). The number of rotatable bonds is 3. The van der Waals surface area contributed by atoms with Gasteiger partial charge in [0.25, 0.3) is 0 Å². The van der Waals surface area contributed by atoms with Crippen LogP contribution in [-0.4, -0.2) is 35.6 Å². The third-order valence-corrected chi connectivity index (χ3v) is 4.23. The van der Waals surface area contributed by atoms with Gasteiger partial charge in [-0.25, -0.2) is 0 Å². The second-order valence-corrected chi connectivity index (χ2v) is 5.39. The average Bonchev–Trinajstić information content (AvgIpc) is 3.04. The molecule has 2 N–H and O–H groups in total. The lowest BCUT2D eigenvalue weighted by molar-refractivity contribution is 0.136. The van der Waals surface area contributed by atoms with Crippen LogP contribution in [0.1, 0.15) is 43.7 Å². The van der Waals surface area contributed by atoms with E-state index in [2.05, 4.69) is 33.7 Å². The summed E-state index contributed by atoms with van der Waals surface area (Å²) in [5.74, 6) is 0. The minimum Gasteiger partial charge on any atom is -0.367 e. The van der Waals surface area contributed by atoms with Crippen LogP contribution in [0.2, 0.25) is 0 Å². The molecule has 3 nitrogen and oxygen atoms in total. The molecule has 2 aliphatic heterocycles. The number of hydrogen-bond acceptors (Lipinski definition) is 2. The fourth-order valence-corrected chi connectivity index (χ4v) is 3.40. The van der Waals surface area contributed by atoms with Crippen LogP contribution in [-0.2, 0) is 0 Å². The lowest BCUT2D eigenvalue weighted by atomic mass is 9.96. The molecule has 0 radical (unpaired) electrons. The topological polar surface area (TPSA) is 31.1 Å². The van der Waals surface area contributed by atoms with Gasteiger partial charge < -0.3 is 10.3 Å². The van der Waals surface area contributed by atoms with Crippen LogP contribution in [0.5, 0.6) is 0 Å². The number of aromatic nitrogens is 1. The highest BCUT2D eigenvalue weighted by atomic mass is 15.2. The first kappa shape index (κ1) is 11.3. The molecule has 2 unspecified atom stereocenters. The van der Waals surface area contributed by atoms with Crippen molar-refractivity contribution < 1.29 is 0 Å². The predicted octanol–water partition coefficient (Wildman–Crippen LogP) is 2.29. The largest absolute Gasteiger partial charge is 0.367 e. The number of nitrogens with one attached hydrogen (secondary N) is 2. The summed E-state index contributed by atoms with van der Waals surface area (Å²) < 4.78 is 0. The third kappa shape index (κ3) is 2.40. The van der Waals surface area contributed by atoms with Gasteiger partial charge in [0, 0.05) is 18.4 Å². The summed E-state index contributed by atoms with van der Waals surface area (Å²) in [7, 11) is 0. The molecule has 2 saturated heterocycles. The second-order valence-electron chi connectivity index (χ2n) is 5.39. The highest BCUT2D eigenvalue weighted by Gasteiger charge is 2.31. The molecule has 2 aliphatic rings. The van der Waals surface area contributed by atoms with Crippen molar-refractivity contribution in [2.75, 3.05) is 19.6 Å². The van der Waals surface area contributed by atoms with Crippen LogP contribution >= 0.6 is 0 Å². The molecule has 2 atom stereocenters. The number of aromatic amines is 1. The first-order chi connectivity index (χ1) is 8.45. The summed E-state index contributed by atoms with van der Waals surface area (Å²) in [6.45, 7) is 3.74. The molecule has 1 aromatic rings. The van der Waals surface area contributed by atoms with Crippen LogP contribution < -0.4 is 5.32 Å². The molecule has 1 aromatic heterocycles. The predicted molar refractivity (Wildman–Crippen MR) is 70.0 cm³/mol. The van der Waals surface area contributed by atoms with Gasteiger partial charge in [-0.05, 0) is 56.9 Å². The smallest absolute Gasteiger partial charge is 0.0516 e. The molecule has 94 valence electrons. The van der Waals surface area contributed by atoms with Gasteiger partial charge in [-0.15, -0.1) is 0 Å². The minimum atomic E-state index is 0.587. The Hall–Kier alpha value is -0.800. The van der Waals surface area contributed by atoms with Crippen LogP contribution in [0.3, 0.4) is 0 Å². The highest BCUT2D eigenvalue weighted by Crippen LogP contribution is 2.31. The third-order valence-electron chi connectivity index (χ3n) is 4.23. The SMILES string of the molecule is c1cc(C(C2CCCN2)N2CCCCC2)c[nH]1. The van der Waals surface area contributed by atoms with Crippen LogP contribution in [0, 0.1) is 0 Å². The first-order valence-electron chi connectivity index (χ1n) is 7.05. The van der Waals surface area contributed by atoms with E-state index in [4.69, 9.17) is 0 Å². The van der Waals surface area contributed by atoms with E-state index in [1.807, 2.05) is 0 Å². The number of likely N-dealkylation sites (tertiary alicyclic amines) is 1. The molecule has 0 bridgehead atoms. The quantitative estimate of drug-likeness (QED) is 0.839. The van der Waals surface area contributed by atoms with Crippen LogP contribution in [0.4, 0.5) is 0 Å². The molecule has 0 amide bonds. The molecule has 0 saturated carbocycles. The molecule has 3 heteroatoms. The van der Waals surface area contributed by atoms with E-state index in [0.29, 0.717) is 12.1 Å². The molecular weight excluding hydrogens is 210 g/mol. The molecule has 3 heterocycles. The van der Waals surface area contributed by atoms with Crippen LogP contribution in [0.25, 0.3) is 0 Å². The normalized spacial score (nSPS) is 28.4. The number of nitrogens with zero attached hydrogens (tertiary/aromatic N) is 1.